The van der Waals surface area contributed by atoms with Gasteiger partial charge in [0.25, 0.3) is 0 Å². The highest BCUT2D eigenvalue weighted by Gasteiger charge is 2.11. The van der Waals surface area contributed by atoms with Crippen molar-refractivity contribution in [1.82, 2.24) is 0 Å². The maximum atomic E-state index is 13.9. The SMILES string of the molecule is Cc1c(Cl)cccc1N=Cc1cc(Br)cc(Br)c1OCc1ccccc1F. The third-order valence-electron chi connectivity index (χ3n) is 3.95. The summed E-state index contributed by atoms with van der Waals surface area (Å²) < 4.78 is 21.4. The topological polar surface area (TPSA) is 21.6 Å². The quantitative estimate of drug-likeness (QED) is 0.323. The molecule has 0 unspecified atom stereocenters. The molecule has 0 heterocycles. The fourth-order valence-corrected chi connectivity index (χ4v) is 4.01. The summed E-state index contributed by atoms with van der Waals surface area (Å²) in [7, 11) is 0. The van der Waals surface area contributed by atoms with Crippen LogP contribution in [0.4, 0.5) is 10.1 Å². The van der Waals surface area contributed by atoms with Crippen LogP contribution in [0.5, 0.6) is 5.75 Å². The number of aliphatic imine (C=N–C) groups is 1. The Morgan fingerprint density at radius 1 is 1.11 bits per heavy atom. The smallest absolute Gasteiger partial charge is 0.142 e. The van der Waals surface area contributed by atoms with Gasteiger partial charge in [0.05, 0.1) is 10.2 Å². The van der Waals surface area contributed by atoms with Crippen LogP contribution in [-0.4, -0.2) is 6.21 Å². The lowest BCUT2D eigenvalue weighted by Gasteiger charge is -2.12. The second-order valence-corrected chi connectivity index (χ2v) is 8.01. The van der Waals surface area contributed by atoms with Crippen LogP contribution >= 0.6 is 43.5 Å². The lowest BCUT2D eigenvalue weighted by Crippen LogP contribution is -2.01. The van der Waals surface area contributed by atoms with Crippen LogP contribution in [0.3, 0.4) is 0 Å². The van der Waals surface area contributed by atoms with Gasteiger partial charge in [0.1, 0.15) is 18.2 Å². The van der Waals surface area contributed by atoms with Gasteiger partial charge < -0.3 is 4.74 Å². The zero-order chi connectivity index (χ0) is 19.4. The Labute approximate surface area is 179 Å². The molecule has 0 amide bonds. The maximum Gasteiger partial charge on any atom is 0.142 e. The van der Waals surface area contributed by atoms with Crippen LogP contribution < -0.4 is 4.74 Å². The molecule has 0 atom stereocenters. The molecule has 0 aromatic heterocycles. The van der Waals surface area contributed by atoms with Gasteiger partial charge in [-0.2, -0.15) is 0 Å². The summed E-state index contributed by atoms with van der Waals surface area (Å²) >= 11 is 13.2. The normalized spacial score (nSPS) is 11.1. The molecule has 3 aromatic rings. The number of hydrogen-bond donors (Lipinski definition) is 0. The van der Waals surface area contributed by atoms with E-state index in [0.29, 0.717) is 16.3 Å². The van der Waals surface area contributed by atoms with E-state index in [4.69, 9.17) is 16.3 Å². The van der Waals surface area contributed by atoms with Crippen LogP contribution in [0.1, 0.15) is 16.7 Å². The van der Waals surface area contributed by atoms with Crippen molar-refractivity contribution in [3.05, 3.63) is 91.1 Å². The van der Waals surface area contributed by atoms with Gasteiger partial charge in [-0.15, -0.1) is 0 Å². The van der Waals surface area contributed by atoms with Crippen LogP contribution in [0.2, 0.25) is 5.02 Å². The average molecular weight is 512 g/mol. The molecule has 3 aromatic carbocycles. The van der Waals surface area contributed by atoms with Gasteiger partial charge >= 0.3 is 0 Å². The van der Waals surface area contributed by atoms with E-state index >= 15 is 0 Å². The summed E-state index contributed by atoms with van der Waals surface area (Å²) in [4.78, 5) is 4.55. The number of ether oxygens (including phenoxy) is 1. The summed E-state index contributed by atoms with van der Waals surface area (Å²) in [6.07, 6.45) is 1.71. The predicted octanol–water partition coefficient (Wildman–Crippen LogP) is 7.64. The first-order valence-corrected chi connectivity index (χ1v) is 10.1. The van der Waals surface area contributed by atoms with E-state index in [-0.39, 0.29) is 12.4 Å². The van der Waals surface area contributed by atoms with E-state index < -0.39 is 0 Å². The minimum Gasteiger partial charge on any atom is -0.487 e. The number of hydrogen-bond acceptors (Lipinski definition) is 2. The van der Waals surface area contributed by atoms with Gasteiger partial charge in [0, 0.05) is 26.8 Å². The standard InChI is InChI=1S/C21H15Br2ClFNO/c1-13-18(24)6-4-8-20(13)26-11-15-9-16(22)10-17(23)21(15)27-12-14-5-2-3-7-19(14)25/h2-11H,12H2,1H3. The van der Waals surface area contributed by atoms with E-state index in [1.807, 2.05) is 37.3 Å². The fraction of sp³-hybridized carbons (Fsp3) is 0.0952. The highest BCUT2D eigenvalue weighted by molar-refractivity contribution is 9.11. The van der Waals surface area contributed by atoms with Crippen molar-refractivity contribution in [1.29, 1.82) is 0 Å². The summed E-state index contributed by atoms with van der Waals surface area (Å²) in [5.41, 5.74) is 2.92. The summed E-state index contributed by atoms with van der Waals surface area (Å²) in [5.74, 6) is 0.292. The summed E-state index contributed by atoms with van der Waals surface area (Å²) in [5, 5.41) is 0.663. The molecule has 0 spiro atoms. The van der Waals surface area contributed by atoms with Crippen molar-refractivity contribution in [3.8, 4) is 5.75 Å². The van der Waals surface area contributed by atoms with Crippen LogP contribution in [0.15, 0.2) is 68.5 Å². The first-order valence-electron chi connectivity index (χ1n) is 8.10. The predicted molar refractivity (Wildman–Crippen MR) is 116 cm³/mol. The van der Waals surface area contributed by atoms with Crippen molar-refractivity contribution < 1.29 is 9.13 Å². The van der Waals surface area contributed by atoms with Crippen molar-refractivity contribution in [2.24, 2.45) is 4.99 Å². The largest absolute Gasteiger partial charge is 0.487 e. The van der Waals surface area contributed by atoms with Crippen LogP contribution in [0.25, 0.3) is 0 Å². The Balaban J connectivity index is 1.92. The number of halogens is 4. The Morgan fingerprint density at radius 2 is 1.89 bits per heavy atom. The number of benzene rings is 3. The van der Waals surface area contributed by atoms with E-state index in [2.05, 4.69) is 36.9 Å². The Hall–Kier alpha value is -1.69. The van der Waals surface area contributed by atoms with Gasteiger partial charge in [0.2, 0.25) is 0 Å². The lowest BCUT2D eigenvalue weighted by molar-refractivity contribution is 0.297. The number of nitrogens with zero attached hydrogens (tertiary/aromatic N) is 1. The molecule has 0 fully saturated rings. The molecular formula is C21H15Br2ClFNO. The van der Waals surface area contributed by atoms with Gasteiger partial charge in [-0.3, -0.25) is 4.99 Å². The van der Waals surface area contributed by atoms with Crippen molar-refractivity contribution in [3.63, 3.8) is 0 Å². The lowest BCUT2D eigenvalue weighted by atomic mass is 10.2. The zero-order valence-electron chi connectivity index (χ0n) is 14.3. The molecule has 0 bridgehead atoms. The van der Waals surface area contributed by atoms with Crippen molar-refractivity contribution >= 4 is 55.4 Å². The van der Waals surface area contributed by atoms with Crippen molar-refractivity contribution in [2.75, 3.05) is 0 Å². The molecule has 6 heteroatoms. The highest BCUT2D eigenvalue weighted by Crippen LogP contribution is 2.33. The first kappa shape index (κ1) is 20.1. The van der Waals surface area contributed by atoms with Gasteiger partial charge in [-0.1, -0.05) is 51.8 Å². The molecule has 0 radical (unpaired) electrons. The molecule has 27 heavy (non-hydrogen) atoms. The monoisotopic (exact) mass is 509 g/mol. The first-order chi connectivity index (χ1) is 13.0. The van der Waals surface area contributed by atoms with Crippen LogP contribution in [-0.2, 0) is 6.61 Å². The number of rotatable bonds is 5. The molecule has 3 rings (SSSR count). The highest BCUT2D eigenvalue weighted by atomic mass is 79.9. The maximum absolute atomic E-state index is 13.9. The third kappa shape index (κ3) is 4.98. The van der Waals surface area contributed by atoms with E-state index in [0.717, 1.165) is 25.8 Å². The summed E-state index contributed by atoms with van der Waals surface area (Å²) in [6, 6.07) is 15.9. The fourth-order valence-electron chi connectivity index (χ4n) is 2.47. The summed E-state index contributed by atoms with van der Waals surface area (Å²) in [6.45, 7) is 2.03. The molecule has 0 saturated carbocycles. The second-order valence-electron chi connectivity index (χ2n) is 5.83. The van der Waals surface area contributed by atoms with E-state index in [9.17, 15) is 4.39 Å². The molecule has 0 aliphatic carbocycles. The Morgan fingerprint density at radius 3 is 2.67 bits per heavy atom. The molecule has 2 nitrogen and oxygen atoms in total. The zero-order valence-corrected chi connectivity index (χ0v) is 18.3. The van der Waals surface area contributed by atoms with E-state index in [1.54, 1.807) is 24.4 Å². The molecular weight excluding hydrogens is 496 g/mol. The Bertz CT molecular complexity index is 1010. The molecule has 0 aliphatic heterocycles. The minimum atomic E-state index is -0.296. The molecule has 0 aliphatic rings. The van der Waals surface area contributed by atoms with Gasteiger partial charge in [0.15, 0.2) is 0 Å². The molecule has 138 valence electrons. The van der Waals surface area contributed by atoms with Crippen molar-refractivity contribution in [2.45, 2.75) is 13.5 Å². The van der Waals surface area contributed by atoms with Gasteiger partial charge in [-0.25, -0.2) is 4.39 Å². The molecule has 0 N–H and O–H groups in total. The minimum absolute atomic E-state index is 0.115. The Kier molecular flexibility index (Phi) is 6.68. The third-order valence-corrected chi connectivity index (χ3v) is 5.41. The second kappa shape index (κ2) is 9.00. The van der Waals surface area contributed by atoms with Crippen LogP contribution in [0, 0.1) is 12.7 Å². The average Bonchev–Trinajstić information content (AvgIpc) is 2.63. The molecule has 0 saturated heterocycles. The van der Waals surface area contributed by atoms with Gasteiger partial charge in [-0.05, 0) is 58.7 Å². The van der Waals surface area contributed by atoms with E-state index in [1.165, 1.54) is 6.07 Å².